The maximum absolute atomic E-state index is 11.8. The highest BCUT2D eigenvalue weighted by atomic mass is 32.1. The first-order valence-corrected chi connectivity index (χ1v) is 7.66. The molecule has 0 bridgehead atoms. The van der Waals surface area contributed by atoms with Crippen LogP contribution in [0.5, 0.6) is 0 Å². The van der Waals surface area contributed by atoms with E-state index in [2.05, 4.69) is 26.6 Å². The average molecular weight is 304 g/mol. The number of pyridine rings is 1. The summed E-state index contributed by atoms with van der Waals surface area (Å²) in [6.45, 7) is 1.000. The van der Waals surface area contributed by atoms with E-state index < -0.39 is 0 Å². The minimum Gasteiger partial charge on any atom is -0.336 e. The van der Waals surface area contributed by atoms with Crippen molar-refractivity contribution in [2.75, 3.05) is 20.6 Å². The first-order valence-electron chi connectivity index (χ1n) is 6.78. The lowest BCUT2D eigenvalue weighted by Gasteiger charge is -2.23. The Hall–Kier alpha value is -1.92. The van der Waals surface area contributed by atoms with Crippen molar-refractivity contribution in [2.24, 2.45) is 0 Å². The van der Waals surface area contributed by atoms with Gasteiger partial charge in [0.1, 0.15) is 0 Å². The van der Waals surface area contributed by atoms with Gasteiger partial charge in [0.15, 0.2) is 0 Å². The van der Waals surface area contributed by atoms with Gasteiger partial charge in [0.05, 0.1) is 18.3 Å². The van der Waals surface area contributed by atoms with Crippen LogP contribution in [0, 0.1) is 0 Å². The number of likely N-dealkylation sites (N-methyl/N-ethyl adjacent to an activating group) is 1. The van der Waals surface area contributed by atoms with Crippen molar-refractivity contribution in [3.8, 4) is 0 Å². The van der Waals surface area contributed by atoms with Gasteiger partial charge in [-0.25, -0.2) is 4.79 Å². The number of carbonyl (C=O) groups is 1. The molecule has 6 heteroatoms. The Morgan fingerprint density at radius 2 is 2.14 bits per heavy atom. The van der Waals surface area contributed by atoms with E-state index >= 15 is 0 Å². The molecular formula is C15H20N4OS. The number of aromatic nitrogens is 1. The zero-order valence-corrected chi connectivity index (χ0v) is 13.1. The summed E-state index contributed by atoms with van der Waals surface area (Å²) in [4.78, 5) is 19.4. The molecule has 0 fully saturated rings. The van der Waals surface area contributed by atoms with Crippen molar-refractivity contribution in [2.45, 2.75) is 12.6 Å². The Morgan fingerprint density at radius 1 is 1.29 bits per heavy atom. The Balaban J connectivity index is 1.80. The second kappa shape index (κ2) is 7.75. The summed E-state index contributed by atoms with van der Waals surface area (Å²) in [7, 11) is 4.02. The number of nitrogens with zero attached hydrogens (tertiary/aromatic N) is 2. The lowest BCUT2D eigenvalue weighted by molar-refractivity contribution is 0.233. The van der Waals surface area contributed by atoms with E-state index in [1.807, 2.05) is 43.7 Å². The zero-order valence-electron chi connectivity index (χ0n) is 12.2. The van der Waals surface area contributed by atoms with Gasteiger partial charge in [-0.15, -0.1) is 11.3 Å². The second-order valence-corrected chi connectivity index (χ2v) is 5.86. The first kappa shape index (κ1) is 15.5. The minimum absolute atomic E-state index is 0.177. The zero-order chi connectivity index (χ0) is 15.1. The van der Waals surface area contributed by atoms with Gasteiger partial charge < -0.3 is 15.5 Å². The summed E-state index contributed by atoms with van der Waals surface area (Å²) in [5, 5.41) is 7.77. The summed E-state index contributed by atoms with van der Waals surface area (Å²) < 4.78 is 0. The number of amides is 2. The molecule has 2 N–H and O–H groups in total. The molecule has 2 amide bonds. The van der Waals surface area contributed by atoms with Crippen molar-refractivity contribution in [1.29, 1.82) is 0 Å². The molecule has 2 rings (SSSR count). The van der Waals surface area contributed by atoms with Crippen LogP contribution in [0.15, 0.2) is 41.9 Å². The van der Waals surface area contributed by atoms with Crippen molar-refractivity contribution < 1.29 is 4.79 Å². The predicted molar refractivity (Wildman–Crippen MR) is 85.2 cm³/mol. The molecule has 112 valence electrons. The first-order chi connectivity index (χ1) is 10.2. The van der Waals surface area contributed by atoms with Crippen LogP contribution in [0.4, 0.5) is 4.79 Å². The fourth-order valence-electron chi connectivity index (χ4n) is 1.94. The Bertz CT molecular complexity index is 542. The molecule has 0 aliphatic heterocycles. The largest absolute Gasteiger partial charge is 0.336 e. The molecule has 0 saturated carbocycles. The number of nitrogens with one attached hydrogen (secondary N) is 2. The van der Waals surface area contributed by atoms with Crippen LogP contribution in [-0.2, 0) is 6.54 Å². The monoisotopic (exact) mass is 304 g/mol. The SMILES string of the molecule is CN(C)C(CNC(=O)NCc1ccccn1)c1cccs1. The van der Waals surface area contributed by atoms with Gasteiger partial charge >= 0.3 is 6.03 Å². The lowest BCUT2D eigenvalue weighted by atomic mass is 10.2. The molecule has 0 aliphatic rings. The van der Waals surface area contributed by atoms with Crippen LogP contribution in [-0.4, -0.2) is 36.6 Å². The van der Waals surface area contributed by atoms with Crippen molar-refractivity contribution in [3.05, 3.63) is 52.5 Å². The van der Waals surface area contributed by atoms with E-state index in [1.54, 1.807) is 17.5 Å². The highest BCUT2D eigenvalue weighted by Gasteiger charge is 2.15. The molecule has 2 aromatic rings. The van der Waals surface area contributed by atoms with Crippen LogP contribution < -0.4 is 10.6 Å². The van der Waals surface area contributed by atoms with Gasteiger partial charge in [0.25, 0.3) is 0 Å². The summed E-state index contributed by atoms with van der Waals surface area (Å²) in [5.41, 5.74) is 0.843. The van der Waals surface area contributed by atoms with Gasteiger partial charge in [-0.05, 0) is 37.7 Å². The third kappa shape index (κ3) is 4.84. The van der Waals surface area contributed by atoms with Crippen LogP contribution >= 0.6 is 11.3 Å². The van der Waals surface area contributed by atoms with E-state index in [9.17, 15) is 4.79 Å². The molecule has 0 radical (unpaired) electrons. The van der Waals surface area contributed by atoms with Gasteiger partial charge in [0, 0.05) is 17.6 Å². The molecule has 0 spiro atoms. The summed E-state index contributed by atoms with van der Waals surface area (Å²) in [6.07, 6.45) is 1.72. The number of rotatable bonds is 6. The highest BCUT2D eigenvalue weighted by Crippen LogP contribution is 2.22. The Labute approximate surface area is 129 Å². The summed E-state index contributed by atoms with van der Waals surface area (Å²) in [6, 6.07) is 9.76. The second-order valence-electron chi connectivity index (χ2n) is 4.88. The van der Waals surface area contributed by atoms with Crippen LogP contribution in [0.1, 0.15) is 16.6 Å². The van der Waals surface area contributed by atoms with Crippen molar-refractivity contribution in [3.63, 3.8) is 0 Å². The number of hydrogen-bond donors (Lipinski definition) is 2. The third-order valence-corrected chi connectivity index (χ3v) is 4.08. The predicted octanol–water partition coefficient (Wildman–Crippen LogP) is 2.25. The normalized spacial score (nSPS) is 12.1. The molecule has 1 atom stereocenters. The van der Waals surface area contributed by atoms with Crippen molar-refractivity contribution in [1.82, 2.24) is 20.5 Å². The molecule has 5 nitrogen and oxygen atoms in total. The number of hydrogen-bond acceptors (Lipinski definition) is 4. The van der Waals surface area contributed by atoms with E-state index in [1.165, 1.54) is 4.88 Å². The Morgan fingerprint density at radius 3 is 2.76 bits per heavy atom. The molecule has 0 saturated heterocycles. The Kier molecular flexibility index (Phi) is 5.71. The molecule has 2 aromatic heterocycles. The number of carbonyl (C=O) groups excluding carboxylic acids is 1. The molecule has 2 heterocycles. The van der Waals surface area contributed by atoms with Gasteiger partial charge in [0.2, 0.25) is 0 Å². The molecule has 21 heavy (non-hydrogen) atoms. The smallest absolute Gasteiger partial charge is 0.315 e. The standard InChI is InChI=1S/C15H20N4OS/c1-19(2)13(14-7-5-9-21-14)11-18-15(20)17-10-12-6-3-4-8-16-12/h3-9,13H,10-11H2,1-2H3,(H2,17,18,20). The van der Waals surface area contributed by atoms with Crippen LogP contribution in [0.2, 0.25) is 0 Å². The number of urea groups is 1. The highest BCUT2D eigenvalue weighted by molar-refractivity contribution is 7.10. The fraction of sp³-hybridized carbons (Fsp3) is 0.333. The maximum Gasteiger partial charge on any atom is 0.315 e. The van der Waals surface area contributed by atoms with Crippen molar-refractivity contribution >= 4 is 17.4 Å². The average Bonchev–Trinajstić information content (AvgIpc) is 3.00. The molecule has 0 aromatic carbocycles. The topological polar surface area (TPSA) is 57.3 Å². The van der Waals surface area contributed by atoms with Gasteiger partial charge in [-0.1, -0.05) is 12.1 Å². The van der Waals surface area contributed by atoms with E-state index in [0.717, 1.165) is 5.69 Å². The van der Waals surface area contributed by atoms with E-state index in [4.69, 9.17) is 0 Å². The lowest BCUT2D eigenvalue weighted by Crippen LogP contribution is -2.40. The van der Waals surface area contributed by atoms with Gasteiger partial charge in [-0.3, -0.25) is 4.98 Å². The van der Waals surface area contributed by atoms with E-state index in [0.29, 0.717) is 13.1 Å². The van der Waals surface area contributed by atoms with Gasteiger partial charge in [-0.2, -0.15) is 0 Å². The van der Waals surface area contributed by atoms with Crippen LogP contribution in [0.25, 0.3) is 0 Å². The van der Waals surface area contributed by atoms with Crippen LogP contribution in [0.3, 0.4) is 0 Å². The number of thiophene rings is 1. The molecular weight excluding hydrogens is 284 g/mol. The summed E-state index contributed by atoms with van der Waals surface area (Å²) >= 11 is 1.70. The maximum atomic E-state index is 11.8. The quantitative estimate of drug-likeness (QED) is 0.860. The molecule has 1 unspecified atom stereocenters. The third-order valence-electron chi connectivity index (χ3n) is 3.11. The fourth-order valence-corrected chi connectivity index (χ4v) is 2.87. The summed E-state index contributed by atoms with van der Waals surface area (Å²) in [5.74, 6) is 0. The molecule has 0 aliphatic carbocycles. The van der Waals surface area contributed by atoms with E-state index in [-0.39, 0.29) is 12.1 Å². The minimum atomic E-state index is -0.177.